The van der Waals surface area contributed by atoms with Crippen molar-refractivity contribution in [3.8, 4) is 6.07 Å². The van der Waals surface area contributed by atoms with Crippen molar-refractivity contribution in [2.24, 2.45) is 0 Å². The Bertz CT molecular complexity index is 1030. The molecule has 1 unspecified atom stereocenters. The zero-order chi connectivity index (χ0) is 20.4. The molecule has 0 aromatic carbocycles. The second-order valence-electron chi connectivity index (χ2n) is 7.40. The summed E-state index contributed by atoms with van der Waals surface area (Å²) in [6.07, 6.45) is 3.79. The van der Waals surface area contributed by atoms with Crippen LogP contribution in [0.1, 0.15) is 46.3 Å². The van der Waals surface area contributed by atoms with Gasteiger partial charge in [0.1, 0.15) is 17.6 Å². The molecule has 7 heteroatoms. The zero-order valence-corrected chi connectivity index (χ0v) is 17.5. The Morgan fingerprint density at radius 1 is 1.38 bits per heavy atom. The van der Waals surface area contributed by atoms with E-state index >= 15 is 0 Å². The molecular weight excluding hydrogens is 384 g/mol. The fourth-order valence-electron chi connectivity index (χ4n) is 4.06. The molecule has 29 heavy (non-hydrogen) atoms. The van der Waals surface area contributed by atoms with Crippen LogP contribution in [0.4, 0.5) is 5.82 Å². The summed E-state index contributed by atoms with van der Waals surface area (Å²) in [7, 11) is 0. The van der Waals surface area contributed by atoms with Crippen LogP contribution in [0, 0.1) is 25.2 Å². The van der Waals surface area contributed by atoms with E-state index in [1.807, 2.05) is 30.5 Å². The number of nitrogens with zero attached hydrogens (tertiary/aromatic N) is 3. The number of nitriles is 1. The lowest BCUT2D eigenvalue weighted by atomic mass is 10.2. The highest BCUT2D eigenvalue weighted by Gasteiger charge is 2.29. The number of aromatic nitrogens is 1. The highest BCUT2D eigenvalue weighted by molar-refractivity contribution is 7.10. The minimum atomic E-state index is -0.0943. The van der Waals surface area contributed by atoms with Crippen LogP contribution in [0.15, 0.2) is 40.3 Å². The van der Waals surface area contributed by atoms with E-state index in [4.69, 9.17) is 4.42 Å². The summed E-state index contributed by atoms with van der Waals surface area (Å²) in [5.74, 6) is 1.24. The third-order valence-corrected chi connectivity index (χ3v) is 6.65. The van der Waals surface area contributed by atoms with Gasteiger partial charge in [-0.15, -0.1) is 11.3 Å². The molecule has 0 aliphatic carbocycles. The van der Waals surface area contributed by atoms with Gasteiger partial charge in [-0.25, -0.2) is 0 Å². The van der Waals surface area contributed by atoms with Crippen molar-refractivity contribution in [2.45, 2.75) is 39.3 Å². The summed E-state index contributed by atoms with van der Waals surface area (Å²) in [4.78, 5) is 16.5. The van der Waals surface area contributed by atoms with E-state index in [1.54, 1.807) is 17.6 Å². The lowest BCUT2D eigenvalue weighted by molar-refractivity contribution is -0.117. The minimum absolute atomic E-state index is 0.0943. The summed E-state index contributed by atoms with van der Waals surface area (Å²) in [5.41, 5.74) is 2.34. The van der Waals surface area contributed by atoms with Gasteiger partial charge in [0.2, 0.25) is 5.91 Å². The van der Waals surface area contributed by atoms with Gasteiger partial charge >= 0.3 is 0 Å². The molecule has 1 aliphatic rings. The molecule has 1 N–H and O–H groups in total. The summed E-state index contributed by atoms with van der Waals surface area (Å²) in [6, 6.07) is 10.5. The summed E-state index contributed by atoms with van der Waals surface area (Å²) in [5, 5.41) is 14.8. The van der Waals surface area contributed by atoms with E-state index in [1.165, 1.54) is 4.88 Å². The van der Waals surface area contributed by atoms with Crippen molar-refractivity contribution < 1.29 is 9.21 Å². The summed E-state index contributed by atoms with van der Waals surface area (Å²) >= 11 is 1.74. The molecule has 150 valence electrons. The number of likely N-dealkylation sites (tertiary alicyclic amines) is 1. The first kappa shape index (κ1) is 19.5. The maximum atomic E-state index is 12.9. The van der Waals surface area contributed by atoms with E-state index in [0.29, 0.717) is 30.5 Å². The van der Waals surface area contributed by atoms with Crippen molar-refractivity contribution in [1.29, 1.82) is 5.26 Å². The fourth-order valence-corrected chi connectivity index (χ4v) is 4.96. The van der Waals surface area contributed by atoms with Gasteiger partial charge in [-0.1, -0.05) is 6.07 Å². The third-order valence-electron chi connectivity index (χ3n) is 5.67. The molecule has 1 fully saturated rings. The molecule has 0 spiro atoms. The first-order chi connectivity index (χ1) is 14.1. The predicted molar refractivity (Wildman–Crippen MR) is 113 cm³/mol. The quantitative estimate of drug-likeness (QED) is 0.654. The number of amides is 1. The van der Waals surface area contributed by atoms with Crippen LogP contribution in [-0.2, 0) is 11.3 Å². The molecule has 1 aliphatic heterocycles. The molecule has 0 bridgehead atoms. The Balaban J connectivity index is 1.54. The largest absolute Gasteiger partial charge is 0.467 e. The van der Waals surface area contributed by atoms with E-state index in [2.05, 4.69) is 33.8 Å². The lowest BCUT2D eigenvalue weighted by Crippen LogP contribution is -2.33. The minimum Gasteiger partial charge on any atom is -0.467 e. The van der Waals surface area contributed by atoms with Crippen LogP contribution in [0.25, 0.3) is 0 Å². The normalized spacial score (nSPS) is 16.8. The highest BCUT2D eigenvalue weighted by atomic mass is 32.1. The second kappa shape index (κ2) is 8.27. The predicted octanol–water partition coefficient (Wildman–Crippen LogP) is 4.46. The Labute approximate surface area is 174 Å². The number of furan rings is 1. The van der Waals surface area contributed by atoms with Gasteiger partial charge in [-0.3, -0.25) is 9.69 Å². The van der Waals surface area contributed by atoms with Crippen LogP contribution < -0.4 is 5.32 Å². The van der Waals surface area contributed by atoms with E-state index < -0.39 is 0 Å². The SMILES string of the molecule is Cc1c(C#N)c(NC(=O)CN2CCCC2c2cccs2)n(Cc2ccco2)c1C. The average molecular weight is 409 g/mol. The van der Waals surface area contributed by atoms with Gasteiger partial charge in [0.25, 0.3) is 0 Å². The topological polar surface area (TPSA) is 74.2 Å². The van der Waals surface area contributed by atoms with E-state index in [0.717, 1.165) is 36.4 Å². The monoisotopic (exact) mass is 408 g/mol. The van der Waals surface area contributed by atoms with Crippen LogP contribution in [-0.4, -0.2) is 28.5 Å². The van der Waals surface area contributed by atoms with Gasteiger partial charge < -0.3 is 14.3 Å². The zero-order valence-electron chi connectivity index (χ0n) is 16.6. The third kappa shape index (κ3) is 3.86. The van der Waals surface area contributed by atoms with Gasteiger partial charge in [0, 0.05) is 16.6 Å². The van der Waals surface area contributed by atoms with Crippen molar-refractivity contribution in [1.82, 2.24) is 9.47 Å². The van der Waals surface area contributed by atoms with Crippen molar-refractivity contribution in [3.63, 3.8) is 0 Å². The number of anilines is 1. The van der Waals surface area contributed by atoms with Gasteiger partial charge in [-0.2, -0.15) is 5.26 Å². The smallest absolute Gasteiger partial charge is 0.239 e. The second-order valence-corrected chi connectivity index (χ2v) is 8.38. The molecule has 0 saturated carbocycles. The molecule has 1 atom stereocenters. The molecule has 0 radical (unpaired) electrons. The number of hydrogen-bond donors (Lipinski definition) is 1. The number of nitrogens with one attached hydrogen (secondary N) is 1. The van der Waals surface area contributed by atoms with E-state index in [-0.39, 0.29) is 5.91 Å². The number of hydrogen-bond acceptors (Lipinski definition) is 5. The Morgan fingerprint density at radius 2 is 2.24 bits per heavy atom. The van der Waals surface area contributed by atoms with Crippen LogP contribution in [0.5, 0.6) is 0 Å². The Morgan fingerprint density at radius 3 is 2.93 bits per heavy atom. The maximum absolute atomic E-state index is 12.9. The molecule has 1 saturated heterocycles. The molecule has 6 nitrogen and oxygen atoms in total. The van der Waals surface area contributed by atoms with Crippen LogP contribution >= 0.6 is 11.3 Å². The molecular formula is C22H24N4O2S. The molecule has 3 aromatic rings. The number of carbonyl (C=O) groups excluding carboxylic acids is 1. The van der Waals surface area contributed by atoms with E-state index in [9.17, 15) is 10.1 Å². The van der Waals surface area contributed by atoms with Crippen LogP contribution in [0.2, 0.25) is 0 Å². The van der Waals surface area contributed by atoms with Crippen molar-refractivity contribution in [3.05, 3.63) is 63.4 Å². The number of thiophene rings is 1. The summed E-state index contributed by atoms with van der Waals surface area (Å²) in [6.45, 7) is 5.57. The van der Waals surface area contributed by atoms with Gasteiger partial charge in [-0.05, 0) is 62.4 Å². The molecule has 1 amide bonds. The Kier molecular flexibility index (Phi) is 5.56. The first-order valence-corrected chi connectivity index (χ1v) is 10.7. The highest BCUT2D eigenvalue weighted by Crippen LogP contribution is 2.34. The summed E-state index contributed by atoms with van der Waals surface area (Å²) < 4.78 is 7.42. The molecule has 4 rings (SSSR count). The molecule has 3 aromatic heterocycles. The molecule has 4 heterocycles. The van der Waals surface area contributed by atoms with Crippen LogP contribution in [0.3, 0.4) is 0 Å². The maximum Gasteiger partial charge on any atom is 0.239 e. The number of carbonyl (C=O) groups is 1. The van der Waals surface area contributed by atoms with Gasteiger partial charge in [0.05, 0.1) is 24.9 Å². The number of rotatable bonds is 6. The first-order valence-electron chi connectivity index (χ1n) is 9.78. The lowest BCUT2D eigenvalue weighted by Gasteiger charge is -2.23. The average Bonchev–Trinajstić information content (AvgIpc) is 3.48. The van der Waals surface area contributed by atoms with Crippen molar-refractivity contribution in [2.75, 3.05) is 18.4 Å². The van der Waals surface area contributed by atoms with Crippen molar-refractivity contribution >= 4 is 23.1 Å². The fraction of sp³-hybridized carbons (Fsp3) is 0.364. The van der Waals surface area contributed by atoms with Gasteiger partial charge in [0.15, 0.2) is 0 Å². The Hall–Kier alpha value is -2.82. The standard InChI is InChI=1S/C22H24N4O2S/c1-15-16(2)26(13-17-6-4-10-28-17)22(18(15)12-23)24-21(27)14-25-9-3-7-19(25)20-8-5-11-29-20/h4-6,8,10-11,19H,3,7,9,13-14H2,1-2H3,(H,24,27).